The van der Waals surface area contributed by atoms with E-state index in [0.717, 1.165) is 38.8 Å². The second-order valence-electron chi connectivity index (χ2n) is 14.2. The van der Waals surface area contributed by atoms with Gasteiger partial charge in [0.15, 0.2) is 5.76 Å². The molecule has 0 aliphatic heterocycles. The topological polar surface area (TPSA) is 60.1 Å². The fourth-order valence-electron chi connectivity index (χ4n) is 7.09. The standard InChI is InChI=1S/C40H39Cl2N3O2/c1-24-16-32-33(40(4,5)15-14-39(32,2)3)19-25(24)18-29-11-13-37(47-29)38(46)44-21-28-20-31-30-8-6-7-9-35(30)45(36(31)22-43-28)23-26-17-27(41)10-12-34(26)42/h6-13,16-17,19-20,22H,14-15,18,21,23H2,1-5H3,(H,44,46). The van der Waals surface area contributed by atoms with Crippen LogP contribution in [0.5, 0.6) is 0 Å². The number of hydrogen-bond donors (Lipinski definition) is 1. The van der Waals surface area contributed by atoms with Gasteiger partial charge in [-0.25, -0.2) is 0 Å². The van der Waals surface area contributed by atoms with Crippen LogP contribution in [-0.4, -0.2) is 15.5 Å². The van der Waals surface area contributed by atoms with E-state index in [1.807, 2.05) is 42.6 Å². The minimum absolute atomic E-state index is 0.136. The van der Waals surface area contributed by atoms with Crippen molar-refractivity contribution in [3.05, 3.63) is 134 Å². The molecule has 3 aromatic heterocycles. The predicted octanol–water partition coefficient (Wildman–Crippen LogP) is 10.3. The maximum atomic E-state index is 13.2. The molecule has 47 heavy (non-hydrogen) atoms. The fraction of sp³-hybridized carbons (Fsp3) is 0.300. The van der Waals surface area contributed by atoms with Crippen LogP contribution in [-0.2, 0) is 30.3 Å². The van der Waals surface area contributed by atoms with Gasteiger partial charge in [0.05, 0.1) is 24.0 Å². The lowest BCUT2D eigenvalue weighted by Gasteiger charge is -2.42. The summed E-state index contributed by atoms with van der Waals surface area (Å²) in [6.45, 7) is 12.4. The number of nitrogens with zero attached hydrogens (tertiary/aromatic N) is 2. The van der Waals surface area contributed by atoms with Gasteiger partial charge in [-0.15, -0.1) is 0 Å². The minimum Gasteiger partial charge on any atom is -0.456 e. The molecule has 0 saturated carbocycles. The first-order chi connectivity index (χ1) is 22.4. The second-order valence-corrected chi connectivity index (χ2v) is 15.1. The number of pyridine rings is 1. The van der Waals surface area contributed by atoms with Crippen molar-refractivity contribution in [1.82, 2.24) is 14.9 Å². The highest BCUT2D eigenvalue weighted by Crippen LogP contribution is 2.46. The van der Waals surface area contributed by atoms with Crippen LogP contribution in [0.4, 0.5) is 0 Å². The van der Waals surface area contributed by atoms with E-state index in [1.165, 1.54) is 35.1 Å². The lowest BCUT2D eigenvalue weighted by Crippen LogP contribution is -2.34. The van der Waals surface area contributed by atoms with E-state index in [0.29, 0.717) is 28.8 Å². The molecule has 0 bridgehead atoms. The van der Waals surface area contributed by atoms with Crippen molar-refractivity contribution in [2.45, 2.75) is 77.8 Å². The number of aryl methyl sites for hydroxylation is 1. The molecule has 1 N–H and O–H groups in total. The third-order valence-electron chi connectivity index (χ3n) is 10.0. The van der Waals surface area contributed by atoms with Gasteiger partial charge in [0.2, 0.25) is 0 Å². The summed E-state index contributed by atoms with van der Waals surface area (Å²) < 4.78 is 8.28. The van der Waals surface area contributed by atoms with Crippen molar-refractivity contribution in [1.29, 1.82) is 0 Å². The number of fused-ring (bicyclic) bond motifs is 4. The van der Waals surface area contributed by atoms with Gasteiger partial charge in [0, 0.05) is 39.3 Å². The largest absolute Gasteiger partial charge is 0.456 e. The van der Waals surface area contributed by atoms with Crippen molar-refractivity contribution < 1.29 is 9.21 Å². The molecular weight excluding hydrogens is 625 g/mol. The number of hydrogen-bond acceptors (Lipinski definition) is 3. The molecule has 1 amide bonds. The Balaban J connectivity index is 1.08. The molecule has 1 aliphatic rings. The van der Waals surface area contributed by atoms with Crippen LogP contribution in [0.3, 0.4) is 0 Å². The molecule has 6 aromatic rings. The maximum absolute atomic E-state index is 13.2. The third-order valence-corrected chi connectivity index (χ3v) is 10.6. The average Bonchev–Trinajstić information content (AvgIpc) is 3.63. The molecule has 3 heterocycles. The number of amides is 1. The van der Waals surface area contributed by atoms with Crippen molar-refractivity contribution in [3.63, 3.8) is 0 Å². The summed E-state index contributed by atoms with van der Waals surface area (Å²) in [6.07, 6.45) is 4.87. The molecule has 7 heteroatoms. The van der Waals surface area contributed by atoms with E-state index < -0.39 is 0 Å². The monoisotopic (exact) mass is 663 g/mol. The summed E-state index contributed by atoms with van der Waals surface area (Å²) in [5, 5.41) is 6.48. The molecule has 7 rings (SSSR count). The SMILES string of the molecule is Cc1cc2c(cc1Cc1ccc(C(=O)NCc3cc4c5ccccc5n(Cc5cc(Cl)ccc5Cl)c4cn3)o1)C(C)(C)CCC2(C)C. The number of halogens is 2. The quantitative estimate of drug-likeness (QED) is 0.185. The molecule has 0 fully saturated rings. The zero-order valence-corrected chi connectivity index (χ0v) is 29.0. The molecule has 0 atom stereocenters. The normalized spacial score (nSPS) is 15.2. The lowest BCUT2D eigenvalue weighted by atomic mass is 9.62. The summed E-state index contributed by atoms with van der Waals surface area (Å²) in [6, 6.07) is 24.2. The number of carbonyl (C=O) groups excluding carboxylic acids is 1. The zero-order chi connectivity index (χ0) is 33.1. The van der Waals surface area contributed by atoms with Crippen LogP contribution in [0.15, 0.2) is 83.4 Å². The summed E-state index contributed by atoms with van der Waals surface area (Å²) in [5.41, 5.74) is 9.45. The Kier molecular flexibility index (Phi) is 7.97. The first kappa shape index (κ1) is 31.5. The smallest absolute Gasteiger partial charge is 0.287 e. The van der Waals surface area contributed by atoms with Gasteiger partial charge in [0.1, 0.15) is 5.76 Å². The molecule has 3 aromatic carbocycles. The van der Waals surface area contributed by atoms with Gasteiger partial charge in [0.25, 0.3) is 5.91 Å². The molecule has 1 aliphatic carbocycles. The Bertz CT molecular complexity index is 2170. The van der Waals surface area contributed by atoms with Crippen molar-refractivity contribution in [2.24, 2.45) is 0 Å². The van der Waals surface area contributed by atoms with E-state index in [2.05, 4.69) is 68.8 Å². The van der Waals surface area contributed by atoms with E-state index in [4.69, 9.17) is 32.6 Å². The average molecular weight is 665 g/mol. The Labute approximate surface area is 285 Å². The first-order valence-corrected chi connectivity index (χ1v) is 17.0. The number of nitrogens with one attached hydrogen (secondary N) is 1. The van der Waals surface area contributed by atoms with Crippen LogP contribution in [0.25, 0.3) is 21.8 Å². The van der Waals surface area contributed by atoms with Crippen molar-refractivity contribution >= 4 is 50.9 Å². The first-order valence-electron chi connectivity index (χ1n) is 16.2. The molecule has 0 saturated heterocycles. The van der Waals surface area contributed by atoms with Crippen LogP contribution in [0, 0.1) is 6.92 Å². The third kappa shape index (κ3) is 5.96. The van der Waals surface area contributed by atoms with Crippen LogP contribution >= 0.6 is 23.2 Å². The Hall–Kier alpha value is -4.06. The number of furan rings is 1. The number of carbonyl (C=O) groups is 1. The minimum atomic E-state index is -0.263. The van der Waals surface area contributed by atoms with Gasteiger partial charge >= 0.3 is 0 Å². The molecule has 0 unspecified atom stereocenters. The molecule has 5 nitrogen and oxygen atoms in total. The number of para-hydroxylation sites is 1. The van der Waals surface area contributed by atoms with Gasteiger partial charge in [-0.1, -0.05) is 81.2 Å². The molecular formula is C40H39Cl2N3O2. The number of rotatable bonds is 7. The highest BCUT2D eigenvalue weighted by atomic mass is 35.5. The van der Waals surface area contributed by atoms with E-state index in [-0.39, 0.29) is 23.3 Å². The van der Waals surface area contributed by atoms with Gasteiger partial charge in [-0.05, 0) is 101 Å². The maximum Gasteiger partial charge on any atom is 0.287 e. The Morgan fingerprint density at radius 1 is 0.872 bits per heavy atom. The number of aromatic nitrogens is 2. The van der Waals surface area contributed by atoms with E-state index >= 15 is 0 Å². The highest BCUT2D eigenvalue weighted by Gasteiger charge is 2.37. The van der Waals surface area contributed by atoms with Gasteiger partial charge in [-0.3, -0.25) is 9.78 Å². The van der Waals surface area contributed by atoms with Crippen LogP contribution in [0.2, 0.25) is 10.0 Å². The lowest BCUT2D eigenvalue weighted by molar-refractivity contribution is 0.0921. The summed E-state index contributed by atoms with van der Waals surface area (Å²) in [7, 11) is 0. The Morgan fingerprint density at radius 2 is 1.62 bits per heavy atom. The summed E-state index contributed by atoms with van der Waals surface area (Å²) in [4.78, 5) is 17.9. The molecule has 0 spiro atoms. The summed E-state index contributed by atoms with van der Waals surface area (Å²) >= 11 is 12.8. The van der Waals surface area contributed by atoms with Crippen molar-refractivity contribution in [3.8, 4) is 0 Å². The molecule has 240 valence electrons. The van der Waals surface area contributed by atoms with Gasteiger partial charge in [-0.2, -0.15) is 0 Å². The van der Waals surface area contributed by atoms with E-state index in [9.17, 15) is 4.79 Å². The highest BCUT2D eigenvalue weighted by molar-refractivity contribution is 6.33. The van der Waals surface area contributed by atoms with Crippen LogP contribution < -0.4 is 5.32 Å². The van der Waals surface area contributed by atoms with Gasteiger partial charge < -0.3 is 14.3 Å². The molecule has 0 radical (unpaired) electrons. The summed E-state index contributed by atoms with van der Waals surface area (Å²) in [5.74, 6) is 0.813. The number of benzene rings is 3. The van der Waals surface area contributed by atoms with Crippen molar-refractivity contribution in [2.75, 3.05) is 0 Å². The van der Waals surface area contributed by atoms with Crippen LogP contribution in [0.1, 0.15) is 90.4 Å². The fourth-order valence-corrected chi connectivity index (χ4v) is 7.46. The second kappa shape index (κ2) is 11.9. The predicted molar refractivity (Wildman–Crippen MR) is 192 cm³/mol. The Morgan fingerprint density at radius 3 is 2.40 bits per heavy atom. The van der Waals surface area contributed by atoms with E-state index in [1.54, 1.807) is 12.1 Å². The zero-order valence-electron chi connectivity index (χ0n) is 27.5.